The second-order valence-corrected chi connectivity index (χ2v) is 6.54. The first-order valence-corrected chi connectivity index (χ1v) is 8.62. The molecule has 0 radical (unpaired) electrons. The van der Waals surface area contributed by atoms with Gasteiger partial charge >= 0.3 is 5.97 Å². The number of carbonyl (C=O) groups excluding carboxylic acids is 2. The predicted octanol–water partition coefficient (Wildman–Crippen LogP) is 3.87. The van der Waals surface area contributed by atoms with Crippen molar-refractivity contribution in [2.75, 3.05) is 12.4 Å². The molecule has 1 amide bonds. The van der Waals surface area contributed by atoms with Crippen molar-refractivity contribution in [1.29, 1.82) is 0 Å². The van der Waals surface area contributed by atoms with Gasteiger partial charge in [-0.25, -0.2) is 4.39 Å². The van der Waals surface area contributed by atoms with Crippen LogP contribution < -0.4 is 10.1 Å². The summed E-state index contributed by atoms with van der Waals surface area (Å²) in [4.78, 5) is 24.4. The van der Waals surface area contributed by atoms with Gasteiger partial charge in [0.1, 0.15) is 0 Å². The average molecular weight is 373 g/mol. The van der Waals surface area contributed by atoms with Crippen molar-refractivity contribution in [1.82, 2.24) is 0 Å². The largest absolute Gasteiger partial charge is 0.494 e. The Kier molecular flexibility index (Phi) is 6.55. The summed E-state index contributed by atoms with van der Waals surface area (Å²) in [6.45, 7) is 7.30. The zero-order valence-corrected chi connectivity index (χ0v) is 16.2. The van der Waals surface area contributed by atoms with Crippen LogP contribution in [0.2, 0.25) is 0 Å². The molecule has 6 heteroatoms. The molecule has 0 fully saturated rings. The second kappa shape index (κ2) is 8.66. The molecule has 0 aliphatic carbocycles. The van der Waals surface area contributed by atoms with Crippen LogP contribution in [0, 0.1) is 26.6 Å². The molecular formula is C21H24FNO4. The highest BCUT2D eigenvalue weighted by molar-refractivity contribution is 5.96. The minimum atomic E-state index is -0.972. The summed E-state index contributed by atoms with van der Waals surface area (Å²) in [5.74, 6) is -1.48. The second-order valence-electron chi connectivity index (χ2n) is 6.54. The Morgan fingerprint density at radius 2 is 1.74 bits per heavy atom. The molecule has 2 aromatic carbocycles. The summed E-state index contributed by atoms with van der Waals surface area (Å²) < 4.78 is 23.7. The first-order chi connectivity index (χ1) is 12.7. The van der Waals surface area contributed by atoms with E-state index in [1.807, 2.05) is 32.9 Å². The number of aryl methyl sites for hydroxylation is 3. The maximum atomic E-state index is 13.7. The quantitative estimate of drug-likeness (QED) is 0.781. The lowest BCUT2D eigenvalue weighted by Crippen LogP contribution is -2.31. The number of halogens is 1. The number of carbonyl (C=O) groups is 2. The molecule has 5 nitrogen and oxygen atoms in total. The number of ether oxygens (including phenoxy) is 2. The van der Waals surface area contributed by atoms with Crippen LogP contribution in [0.1, 0.15) is 29.2 Å². The van der Waals surface area contributed by atoms with Crippen LogP contribution >= 0.6 is 0 Å². The van der Waals surface area contributed by atoms with Gasteiger partial charge in [-0.15, -0.1) is 0 Å². The number of methoxy groups -OCH3 is 1. The highest BCUT2D eigenvalue weighted by Gasteiger charge is 2.20. The molecule has 27 heavy (non-hydrogen) atoms. The normalized spacial score (nSPS) is 11.6. The van der Waals surface area contributed by atoms with Crippen molar-refractivity contribution >= 4 is 17.6 Å². The number of nitrogens with one attached hydrogen (secondary N) is 1. The third-order valence-corrected chi connectivity index (χ3v) is 4.17. The van der Waals surface area contributed by atoms with Gasteiger partial charge < -0.3 is 14.8 Å². The number of rotatable bonds is 6. The highest BCUT2D eigenvalue weighted by Crippen LogP contribution is 2.22. The lowest BCUT2D eigenvalue weighted by atomic mass is 10.0. The van der Waals surface area contributed by atoms with Gasteiger partial charge in [-0.05, 0) is 56.5 Å². The van der Waals surface area contributed by atoms with Gasteiger partial charge in [-0.3, -0.25) is 9.59 Å². The van der Waals surface area contributed by atoms with E-state index in [0.717, 1.165) is 16.7 Å². The SMILES string of the molecule is COc1ccc(CC(=O)O[C@@H](C)C(=O)Nc2c(C)cc(C)cc2C)cc1F. The molecule has 0 bridgehead atoms. The van der Waals surface area contributed by atoms with Crippen molar-refractivity contribution < 1.29 is 23.5 Å². The van der Waals surface area contributed by atoms with Gasteiger partial charge in [0.05, 0.1) is 13.5 Å². The monoisotopic (exact) mass is 373 g/mol. The molecule has 0 saturated heterocycles. The van der Waals surface area contributed by atoms with E-state index in [1.165, 1.54) is 26.2 Å². The third-order valence-electron chi connectivity index (χ3n) is 4.17. The van der Waals surface area contributed by atoms with E-state index in [9.17, 15) is 14.0 Å². The Labute approximate surface area is 158 Å². The van der Waals surface area contributed by atoms with Gasteiger partial charge in [-0.1, -0.05) is 23.8 Å². The van der Waals surface area contributed by atoms with E-state index in [-0.39, 0.29) is 12.2 Å². The van der Waals surface area contributed by atoms with Crippen LogP contribution in [0.15, 0.2) is 30.3 Å². The predicted molar refractivity (Wildman–Crippen MR) is 101 cm³/mol. The number of esters is 1. The number of hydrogen-bond donors (Lipinski definition) is 1. The molecule has 0 spiro atoms. The van der Waals surface area contributed by atoms with Gasteiger partial charge in [0.25, 0.3) is 5.91 Å². The third kappa shape index (κ3) is 5.29. The number of anilines is 1. The molecule has 0 aliphatic rings. The molecule has 0 heterocycles. The summed E-state index contributed by atoms with van der Waals surface area (Å²) in [6.07, 6.45) is -1.11. The Morgan fingerprint density at radius 3 is 2.30 bits per heavy atom. The zero-order chi connectivity index (χ0) is 20.1. The van der Waals surface area contributed by atoms with Crippen molar-refractivity contribution in [2.24, 2.45) is 0 Å². The first-order valence-electron chi connectivity index (χ1n) is 8.62. The Hall–Kier alpha value is -2.89. The van der Waals surface area contributed by atoms with Crippen molar-refractivity contribution in [3.63, 3.8) is 0 Å². The van der Waals surface area contributed by atoms with Gasteiger partial charge in [0, 0.05) is 5.69 Å². The Bertz CT molecular complexity index is 840. The van der Waals surface area contributed by atoms with Crippen molar-refractivity contribution in [3.05, 3.63) is 58.4 Å². The molecule has 0 aromatic heterocycles. The number of amides is 1. The zero-order valence-electron chi connectivity index (χ0n) is 16.2. The van der Waals surface area contributed by atoms with Crippen LogP contribution in [-0.4, -0.2) is 25.1 Å². The van der Waals surface area contributed by atoms with Crippen LogP contribution in [0.4, 0.5) is 10.1 Å². The van der Waals surface area contributed by atoms with Crippen molar-refractivity contribution in [2.45, 2.75) is 40.2 Å². The topological polar surface area (TPSA) is 64.6 Å². The Balaban J connectivity index is 1.98. The van der Waals surface area contributed by atoms with E-state index in [2.05, 4.69) is 5.32 Å². The smallest absolute Gasteiger partial charge is 0.311 e. The van der Waals surface area contributed by atoms with E-state index < -0.39 is 23.8 Å². The fraction of sp³-hybridized carbons (Fsp3) is 0.333. The minimum Gasteiger partial charge on any atom is -0.494 e. The van der Waals surface area contributed by atoms with Gasteiger partial charge in [0.15, 0.2) is 17.7 Å². The van der Waals surface area contributed by atoms with Crippen LogP contribution in [0.3, 0.4) is 0 Å². The summed E-state index contributed by atoms with van der Waals surface area (Å²) in [7, 11) is 1.37. The van der Waals surface area contributed by atoms with Crippen molar-refractivity contribution in [3.8, 4) is 5.75 Å². The maximum Gasteiger partial charge on any atom is 0.311 e. The summed E-state index contributed by atoms with van der Waals surface area (Å²) in [6, 6.07) is 8.17. The maximum absolute atomic E-state index is 13.7. The van der Waals surface area contributed by atoms with E-state index in [4.69, 9.17) is 9.47 Å². The molecule has 0 saturated carbocycles. The average Bonchev–Trinajstić information content (AvgIpc) is 2.57. The van der Waals surface area contributed by atoms with Gasteiger partial charge in [0.2, 0.25) is 0 Å². The molecule has 2 rings (SSSR count). The Morgan fingerprint density at radius 1 is 1.11 bits per heavy atom. The molecule has 0 unspecified atom stereocenters. The fourth-order valence-corrected chi connectivity index (χ4v) is 2.88. The van der Waals surface area contributed by atoms with Crippen LogP contribution in [0.25, 0.3) is 0 Å². The fourth-order valence-electron chi connectivity index (χ4n) is 2.88. The number of benzene rings is 2. The lowest BCUT2D eigenvalue weighted by Gasteiger charge is -2.17. The highest BCUT2D eigenvalue weighted by atomic mass is 19.1. The lowest BCUT2D eigenvalue weighted by molar-refractivity contribution is -0.152. The summed E-state index contributed by atoms with van der Waals surface area (Å²) in [5, 5.41) is 2.81. The standard InChI is InChI=1S/C21H24FNO4/c1-12-8-13(2)20(14(3)9-12)23-21(25)15(4)27-19(24)11-16-6-7-18(26-5)17(22)10-16/h6-10,15H,11H2,1-5H3,(H,23,25)/t15-/m0/s1. The van der Waals surface area contributed by atoms with Gasteiger partial charge in [-0.2, -0.15) is 0 Å². The molecule has 0 aliphatic heterocycles. The van der Waals surface area contributed by atoms with E-state index in [1.54, 1.807) is 6.07 Å². The minimum absolute atomic E-state index is 0.101. The van der Waals surface area contributed by atoms with Crippen LogP contribution in [0.5, 0.6) is 5.75 Å². The molecular weight excluding hydrogens is 349 g/mol. The molecule has 2 aromatic rings. The molecule has 1 atom stereocenters. The van der Waals surface area contributed by atoms with E-state index in [0.29, 0.717) is 11.3 Å². The summed E-state index contributed by atoms with van der Waals surface area (Å²) in [5.41, 5.74) is 4.14. The van der Waals surface area contributed by atoms with Crippen LogP contribution in [-0.2, 0) is 20.7 Å². The summed E-state index contributed by atoms with van der Waals surface area (Å²) >= 11 is 0. The van der Waals surface area contributed by atoms with E-state index >= 15 is 0 Å². The molecule has 144 valence electrons. The number of hydrogen-bond acceptors (Lipinski definition) is 4. The molecule has 1 N–H and O–H groups in total. The first kappa shape index (κ1) is 20.4.